The first kappa shape index (κ1) is 21.8. The second-order valence-electron chi connectivity index (χ2n) is 5.89. The first-order valence-corrected chi connectivity index (χ1v) is 9.04. The maximum Gasteiger partial charge on any atom is 0.310 e. The summed E-state index contributed by atoms with van der Waals surface area (Å²) >= 11 is 0. The molecule has 0 saturated heterocycles. The van der Waals surface area contributed by atoms with Crippen LogP contribution < -0.4 is 14.2 Å². The molecule has 0 aliphatic carbocycles. The van der Waals surface area contributed by atoms with Crippen LogP contribution in [0.4, 0.5) is 0 Å². The van der Waals surface area contributed by atoms with Crippen molar-refractivity contribution in [1.29, 1.82) is 0 Å². The van der Waals surface area contributed by atoms with E-state index in [1.165, 1.54) is 21.3 Å². The van der Waals surface area contributed by atoms with Crippen LogP contribution in [0.5, 0.6) is 17.2 Å². The van der Waals surface area contributed by atoms with Crippen molar-refractivity contribution in [1.82, 2.24) is 0 Å². The van der Waals surface area contributed by atoms with Gasteiger partial charge in [-0.2, -0.15) is 0 Å². The largest absolute Gasteiger partial charge is 0.493 e. The fourth-order valence-corrected chi connectivity index (χ4v) is 2.84. The smallest absolute Gasteiger partial charge is 0.310 e. The lowest BCUT2D eigenvalue weighted by molar-refractivity contribution is -0.142. The number of carbonyl (C=O) groups excluding carboxylic acids is 2. The summed E-state index contributed by atoms with van der Waals surface area (Å²) in [4.78, 5) is 24.8. The van der Waals surface area contributed by atoms with E-state index in [1.807, 2.05) is 0 Å². The first-order valence-electron chi connectivity index (χ1n) is 9.04. The molecule has 0 amide bonds. The normalized spacial score (nSPS) is 10.3. The number of Topliss-reactive ketones (excluding diaryl/α,β-unsaturated/α-hetero) is 1. The molecule has 0 saturated carbocycles. The summed E-state index contributed by atoms with van der Waals surface area (Å²) < 4.78 is 21.2. The molecule has 0 bridgehead atoms. The molecular weight excluding hydrogens is 336 g/mol. The summed E-state index contributed by atoms with van der Waals surface area (Å²) in [6, 6.07) is 1.62. The van der Waals surface area contributed by atoms with Crippen molar-refractivity contribution < 1.29 is 28.5 Å². The van der Waals surface area contributed by atoms with Crippen LogP contribution >= 0.6 is 0 Å². The molecule has 6 nitrogen and oxygen atoms in total. The molecular formula is C20H30O6. The van der Waals surface area contributed by atoms with E-state index in [1.54, 1.807) is 13.0 Å². The van der Waals surface area contributed by atoms with Crippen molar-refractivity contribution in [3.8, 4) is 17.2 Å². The van der Waals surface area contributed by atoms with Gasteiger partial charge in [0.15, 0.2) is 17.3 Å². The van der Waals surface area contributed by atoms with E-state index in [-0.39, 0.29) is 18.8 Å². The number of rotatable bonds is 12. The minimum Gasteiger partial charge on any atom is -0.493 e. The topological polar surface area (TPSA) is 71.1 Å². The molecule has 1 aromatic rings. The number of methoxy groups -OCH3 is 3. The van der Waals surface area contributed by atoms with Gasteiger partial charge in [-0.25, -0.2) is 0 Å². The molecule has 1 rings (SSSR count). The molecule has 26 heavy (non-hydrogen) atoms. The molecule has 6 heteroatoms. The van der Waals surface area contributed by atoms with Crippen molar-refractivity contribution in [3.63, 3.8) is 0 Å². The fourth-order valence-electron chi connectivity index (χ4n) is 2.84. The van der Waals surface area contributed by atoms with Crippen LogP contribution in [0.3, 0.4) is 0 Å². The van der Waals surface area contributed by atoms with Crippen molar-refractivity contribution in [3.05, 3.63) is 17.2 Å². The molecule has 0 N–H and O–H groups in total. The Morgan fingerprint density at radius 2 is 1.62 bits per heavy atom. The van der Waals surface area contributed by atoms with Crippen molar-refractivity contribution in [2.24, 2.45) is 0 Å². The third-order valence-corrected chi connectivity index (χ3v) is 4.12. The van der Waals surface area contributed by atoms with Crippen LogP contribution in [0.25, 0.3) is 0 Å². The molecule has 0 unspecified atom stereocenters. The quantitative estimate of drug-likeness (QED) is 0.317. The second-order valence-corrected chi connectivity index (χ2v) is 5.89. The Hall–Kier alpha value is -2.24. The van der Waals surface area contributed by atoms with Gasteiger partial charge in [0.25, 0.3) is 0 Å². The van der Waals surface area contributed by atoms with Crippen molar-refractivity contribution in [2.75, 3.05) is 27.9 Å². The summed E-state index contributed by atoms with van der Waals surface area (Å²) in [5.74, 6) is 0.625. The number of hydrogen-bond donors (Lipinski definition) is 0. The fraction of sp³-hybridized carbons (Fsp3) is 0.600. The monoisotopic (exact) mass is 366 g/mol. The first-order chi connectivity index (χ1) is 12.5. The van der Waals surface area contributed by atoms with Crippen LogP contribution in [0.1, 0.15) is 61.9 Å². The summed E-state index contributed by atoms with van der Waals surface area (Å²) in [6.45, 7) is 4.14. The number of carbonyl (C=O) groups is 2. The maximum atomic E-state index is 12.8. The number of unbranched alkanes of at least 4 members (excludes halogenated alkanes) is 3. The summed E-state index contributed by atoms with van der Waals surface area (Å²) in [6.07, 6.45) is 4.36. The Morgan fingerprint density at radius 1 is 0.923 bits per heavy atom. The van der Waals surface area contributed by atoms with E-state index >= 15 is 0 Å². The summed E-state index contributed by atoms with van der Waals surface area (Å²) in [7, 11) is 4.46. The van der Waals surface area contributed by atoms with E-state index in [0.717, 1.165) is 25.7 Å². The van der Waals surface area contributed by atoms with Gasteiger partial charge in [-0.3, -0.25) is 9.59 Å². The number of benzene rings is 1. The molecule has 146 valence electrons. The van der Waals surface area contributed by atoms with Crippen LogP contribution in [0.15, 0.2) is 6.07 Å². The van der Waals surface area contributed by atoms with Crippen LogP contribution in [0.2, 0.25) is 0 Å². The predicted molar refractivity (Wildman–Crippen MR) is 99.5 cm³/mol. The minimum atomic E-state index is -0.418. The standard InChI is InChI=1S/C20H30O6/c1-6-8-9-10-11-16(21)14-12-17(23-3)20(25-5)19(24-4)15(14)13-18(22)26-7-2/h12H,6-11,13H2,1-5H3. The summed E-state index contributed by atoms with van der Waals surface area (Å²) in [5.41, 5.74) is 0.896. The highest BCUT2D eigenvalue weighted by atomic mass is 16.5. The maximum absolute atomic E-state index is 12.8. The minimum absolute atomic E-state index is 0.0420. The van der Waals surface area contributed by atoms with Crippen LogP contribution in [-0.2, 0) is 16.0 Å². The molecule has 0 spiro atoms. The van der Waals surface area contributed by atoms with Crippen LogP contribution in [-0.4, -0.2) is 39.7 Å². The van der Waals surface area contributed by atoms with Gasteiger partial charge in [0, 0.05) is 17.5 Å². The number of ether oxygens (including phenoxy) is 4. The van der Waals surface area contributed by atoms with Crippen LogP contribution in [0, 0.1) is 0 Å². The van der Waals surface area contributed by atoms with E-state index < -0.39 is 5.97 Å². The molecule has 0 radical (unpaired) electrons. The molecule has 0 fully saturated rings. The van der Waals surface area contributed by atoms with Gasteiger partial charge in [-0.05, 0) is 19.4 Å². The Kier molecular flexibility index (Phi) is 9.55. The van der Waals surface area contributed by atoms with Gasteiger partial charge < -0.3 is 18.9 Å². The van der Waals surface area contributed by atoms with Crippen molar-refractivity contribution in [2.45, 2.75) is 52.4 Å². The zero-order valence-electron chi connectivity index (χ0n) is 16.5. The Labute approximate surface area is 155 Å². The lowest BCUT2D eigenvalue weighted by Gasteiger charge is -2.19. The average molecular weight is 366 g/mol. The molecule has 1 aromatic carbocycles. The number of hydrogen-bond acceptors (Lipinski definition) is 6. The highest BCUT2D eigenvalue weighted by Crippen LogP contribution is 2.42. The van der Waals surface area contributed by atoms with Gasteiger partial charge in [0.05, 0.1) is 34.4 Å². The lowest BCUT2D eigenvalue weighted by atomic mass is 9.95. The second kappa shape index (κ2) is 11.4. The predicted octanol–water partition coefficient (Wildman–Crippen LogP) is 3.97. The highest BCUT2D eigenvalue weighted by Gasteiger charge is 2.25. The lowest BCUT2D eigenvalue weighted by Crippen LogP contribution is -2.14. The Balaban J connectivity index is 3.30. The van der Waals surface area contributed by atoms with Gasteiger partial charge >= 0.3 is 5.97 Å². The molecule has 0 aliphatic rings. The van der Waals surface area contributed by atoms with Crippen molar-refractivity contribution >= 4 is 11.8 Å². The SMILES string of the molecule is CCCCCCC(=O)c1cc(OC)c(OC)c(OC)c1CC(=O)OCC. The molecule has 0 aliphatic heterocycles. The van der Waals surface area contributed by atoms with Gasteiger partial charge in [-0.1, -0.05) is 26.2 Å². The van der Waals surface area contributed by atoms with E-state index in [9.17, 15) is 9.59 Å². The third-order valence-electron chi connectivity index (χ3n) is 4.12. The molecule has 0 aromatic heterocycles. The van der Waals surface area contributed by atoms with E-state index in [4.69, 9.17) is 18.9 Å². The summed E-state index contributed by atoms with van der Waals surface area (Å²) in [5, 5.41) is 0. The number of esters is 1. The molecule has 0 atom stereocenters. The van der Waals surface area contributed by atoms with Gasteiger partial charge in [0.1, 0.15) is 0 Å². The van der Waals surface area contributed by atoms with Gasteiger partial charge in [-0.15, -0.1) is 0 Å². The van der Waals surface area contributed by atoms with E-state index in [2.05, 4.69) is 6.92 Å². The zero-order chi connectivity index (χ0) is 19.5. The number of ketones is 1. The average Bonchev–Trinajstić information content (AvgIpc) is 2.64. The van der Waals surface area contributed by atoms with Gasteiger partial charge in [0.2, 0.25) is 5.75 Å². The Bertz CT molecular complexity index is 609. The molecule has 0 heterocycles. The highest BCUT2D eigenvalue weighted by molar-refractivity contribution is 6.00. The van der Waals surface area contributed by atoms with E-state index in [0.29, 0.717) is 34.8 Å². The zero-order valence-corrected chi connectivity index (χ0v) is 16.5. The Morgan fingerprint density at radius 3 is 2.15 bits per heavy atom. The third kappa shape index (κ3) is 5.64.